The smallest absolute Gasteiger partial charge is 0.250 e. The van der Waals surface area contributed by atoms with Crippen molar-refractivity contribution in [2.24, 2.45) is 11.0 Å². The SMILES string of the molecule is C[C@H]1C[C@@H]1c1ccc(/C=N\NC(=O)CSc2cccc3cccnc23)o1. The molecule has 6 heteroatoms. The fourth-order valence-electron chi connectivity index (χ4n) is 2.89. The Morgan fingerprint density at radius 3 is 3.04 bits per heavy atom. The summed E-state index contributed by atoms with van der Waals surface area (Å²) in [5, 5.41) is 5.05. The summed E-state index contributed by atoms with van der Waals surface area (Å²) in [6.45, 7) is 2.21. The van der Waals surface area contributed by atoms with E-state index < -0.39 is 0 Å². The van der Waals surface area contributed by atoms with Crippen LogP contribution >= 0.6 is 11.8 Å². The van der Waals surface area contributed by atoms with Crippen LogP contribution < -0.4 is 5.43 Å². The Labute approximate surface area is 155 Å². The number of hydrazone groups is 1. The molecule has 1 N–H and O–H groups in total. The number of pyridine rings is 1. The number of fused-ring (bicyclic) bond motifs is 1. The van der Waals surface area contributed by atoms with Gasteiger partial charge in [-0.15, -0.1) is 11.8 Å². The number of benzene rings is 1. The molecule has 1 aliphatic rings. The topological polar surface area (TPSA) is 67.5 Å². The van der Waals surface area contributed by atoms with Crippen LogP contribution in [0.4, 0.5) is 0 Å². The second-order valence-corrected chi connectivity index (χ2v) is 7.49. The molecular formula is C20H19N3O2S. The normalized spacial score (nSPS) is 19.1. The number of nitrogens with one attached hydrogen (secondary N) is 1. The molecule has 0 spiro atoms. The number of para-hydroxylation sites is 1. The molecule has 2 aromatic heterocycles. The lowest BCUT2D eigenvalue weighted by Crippen LogP contribution is -2.19. The van der Waals surface area contributed by atoms with Crippen LogP contribution in [0.3, 0.4) is 0 Å². The molecule has 0 unspecified atom stereocenters. The Morgan fingerprint density at radius 2 is 2.19 bits per heavy atom. The van der Waals surface area contributed by atoms with E-state index in [4.69, 9.17) is 4.42 Å². The minimum Gasteiger partial charge on any atom is -0.460 e. The maximum absolute atomic E-state index is 12.0. The van der Waals surface area contributed by atoms with Crippen LogP contribution in [0.1, 0.15) is 30.8 Å². The maximum Gasteiger partial charge on any atom is 0.250 e. The van der Waals surface area contributed by atoms with Gasteiger partial charge in [0.15, 0.2) is 0 Å². The zero-order valence-corrected chi connectivity index (χ0v) is 15.2. The number of amides is 1. The van der Waals surface area contributed by atoms with Crippen LogP contribution in [-0.4, -0.2) is 22.9 Å². The van der Waals surface area contributed by atoms with Crippen molar-refractivity contribution >= 4 is 34.8 Å². The van der Waals surface area contributed by atoms with Crippen LogP contribution in [0.15, 0.2) is 63.1 Å². The van der Waals surface area contributed by atoms with Crippen LogP contribution in [0.2, 0.25) is 0 Å². The Kier molecular flexibility index (Phi) is 4.75. The van der Waals surface area contributed by atoms with Gasteiger partial charge in [-0.25, -0.2) is 5.43 Å². The lowest BCUT2D eigenvalue weighted by Gasteiger charge is -2.04. The molecule has 1 aromatic carbocycles. The molecule has 1 aliphatic carbocycles. The summed E-state index contributed by atoms with van der Waals surface area (Å²) in [5.74, 6) is 3.01. The molecule has 1 amide bonds. The zero-order chi connectivity index (χ0) is 17.9. The van der Waals surface area contributed by atoms with Gasteiger partial charge in [0, 0.05) is 22.4 Å². The zero-order valence-electron chi connectivity index (χ0n) is 14.4. The number of carbonyl (C=O) groups is 1. The molecule has 26 heavy (non-hydrogen) atoms. The van der Waals surface area contributed by atoms with Gasteiger partial charge in [-0.2, -0.15) is 5.10 Å². The number of hydrogen-bond acceptors (Lipinski definition) is 5. The average Bonchev–Trinajstić information content (AvgIpc) is 3.20. The second kappa shape index (κ2) is 7.33. The van der Waals surface area contributed by atoms with Crippen molar-refractivity contribution in [3.05, 3.63) is 60.2 Å². The molecule has 1 fully saturated rings. The van der Waals surface area contributed by atoms with E-state index in [-0.39, 0.29) is 11.7 Å². The van der Waals surface area contributed by atoms with Crippen LogP contribution in [0.5, 0.6) is 0 Å². The first-order chi connectivity index (χ1) is 12.7. The average molecular weight is 365 g/mol. The first kappa shape index (κ1) is 16.8. The van der Waals surface area contributed by atoms with E-state index in [2.05, 4.69) is 22.4 Å². The highest BCUT2D eigenvalue weighted by Gasteiger charge is 2.36. The summed E-state index contributed by atoms with van der Waals surface area (Å²) in [4.78, 5) is 17.4. The Hall–Kier alpha value is -2.60. The van der Waals surface area contributed by atoms with Crippen molar-refractivity contribution in [3.63, 3.8) is 0 Å². The van der Waals surface area contributed by atoms with E-state index in [9.17, 15) is 4.79 Å². The predicted molar refractivity (Wildman–Crippen MR) is 103 cm³/mol. The molecule has 2 atom stereocenters. The number of furan rings is 1. The quantitative estimate of drug-likeness (QED) is 0.404. The van der Waals surface area contributed by atoms with Gasteiger partial charge in [-0.05, 0) is 36.6 Å². The van der Waals surface area contributed by atoms with Gasteiger partial charge in [0.1, 0.15) is 11.5 Å². The van der Waals surface area contributed by atoms with Gasteiger partial charge in [-0.3, -0.25) is 9.78 Å². The minimum atomic E-state index is -0.165. The summed E-state index contributed by atoms with van der Waals surface area (Å²) in [6.07, 6.45) is 4.48. The fraction of sp³-hybridized carbons (Fsp3) is 0.250. The highest BCUT2D eigenvalue weighted by molar-refractivity contribution is 8.00. The minimum absolute atomic E-state index is 0.165. The second-order valence-electron chi connectivity index (χ2n) is 6.47. The molecule has 4 rings (SSSR count). The number of rotatable bonds is 6. The standard InChI is InChI=1S/C20H19N3O2S/c1-13-10-16(13)17-8-7-15(25-17)11-22-23-19(24)12-26-18-6-2-4-14-5-3-9-21-20(14)18/h2-9,11,13,16H,10,12H2,1H3,(H,23,24)/b22-11-/t13-,16-/m0/s1. The van der Waals surface area contributed by atoms with E-state index in [1.54, 1.807) is 12.4 Å². The first-order valence-corrected chi connectivity index (χ1v) is 9.57. The summed E-state index contributed by atoms with van der Waals surface area (Å²) in [7, 11) is 0. The molecule has 0 aliphatic heterocycles. The van der Waals surface area contributed by atoms with Crippen molar-refractivity contribution < 1.29 is 9.21 Å². The third-order valence-electron chi connectivity index (χ3n) is 4.46. The molecule has 2 heterocycles. The van der Waals surface area contributed by atoms with Crippen LogP contribution in [0.25, 0.3) is 10.9 Å². The van der Waals surface area contributed by atoms with Crippen molar-refractivity contribution in [3.8, 4) is 0 Å². The highest BCUT2D eigenvalue weighted by atomic mass is 32.2. The van der Waals surface area contributed by atoms with Crippen molar-refractivity contribution in [1.29, 1.82) is 0 Å². The largest absolute Gasteiger partial charge is 0.460 e. The monoisotopic (exact) mass is 365 g/mol. The molecule has 3 aromatic rings. The van der Waals surface area contributed by atoms with Gasteiger partial charge >= 0.3 is 0 Å². The van der Waals surface area contributed by atoms with E-state index in [1.165, 1.54) is 18.2 Å². The number of carbonyl (C=O) groups excluding carboxylic acids is 1. The van der Waals surface area contributed by atoms with Gasteiger partial charge in [0.2, 0.25) is 5.91 Å². The van der Waals surface area contributed by atoms with Gasteiger partial charge < -0.3 is 4.42 Å². The molecule has 5 nitrogen and oxygen atoms in total. The molecule has 1 saturated carbocycles. The highest BCUT2D eigenvalue weighted by Crippen LogP contribution is 2.47. The Balaban J connectivity index is 1.30. The fourth-order valence-corrected chi connectivity index (χ4v) is 3.72. The summed E-state index contributed by atoms with van der Waals surface area (Å²) < 4.78 is 5.72. The third-order valence-corrected chi connectivity index (χ3v) is 5.50. The number of nitrogens with zero attached hydrogens (tertiary/aromatic N) is 2. The summed E-state index contributed by atoms with van der Waals surface area (Å²) >= 11 is 1.45. The maximum atomic E-state index is 12.0. The number of thioether (sulfide) groups is 1. The van der Waals surface area contributed by atoms with Gasteiger partial charge in [0.05, 0.1) is 17.5 Å². The third kappa shape index (κ3) is 3.80. The van der Waals surface area contributed by atoms with E-state index in [0.717, 1.165) is 21.6 Å². The van der Waals surface area contributed by atoms with E-state index in [1.807, 2.05) is 42.5 Å². The molecular weight excluding hydrogens is 346 g/mol. The van der Waals surface area contributed by atoms with Crippen molar-refractivity contribution in [1.82, 2.24) is 10.4 Å². The lowest BCUT2D eigenvalue weighted by atomic mass is 10.2. The van der Waals surface area contributed by atoms with Gasteiger partial charge in [0.25, 0.3) is 0 Å². The van der Waals surface area contributed by atoms with Gasteiger partial charge in [-0.1, -0.05) is 25.1 Å². The number of hydrogen-bond donors (Lipinski definition) is 1. The summed E-state index contributed by atoms with van der Waals surface area (Å²) in [5.41, 5.74) is 3.45. The summed E-state index contributed by atoms with van der Waals surface area (Å²) in [6, 6.07) is 13.7. The van der Waals surface area contributed by atoms with Crippen LogP contribution in [0, 0.1) is 5.92 Å². The molecule has 0 radical (unpaired) electrons. The first-order valence-electron chi connectivity index (χ1n) is 8.59. The number of aromatic nitrogens is 1. The predicted octanol–water partition coefficient (Wildman–Crippen LogP) is 4.19. The van der Waals surface area contributed by atoms with Crippen LogP contribution in [-0.2, 0) is 4.79 Å². The molecule has 0 bridgehead atoms. The lowest BCUT2D eigenvalue weighted by molar-refractivity contribution is -0.118. The van der Waals surface area contributed by atoms with Crippen molar-refractivity contribution in [2.75, 3.05) is 5.75 Å². The van der Waals surface area contributed by atoms with E-state index in [0.29, 0.717) is 17.6 Å². The Morgan fingerprint density at radius 1 is 1.35 bits per heavy atom. The molecule has 0 saturated heterocycles. The molecule has 132 valence electrons. The Bertz CT molecular complexity index is 961. The van der Waals surface area contributed by atoms with E-state index >= 15 is 0 Å². The van der Waals surface area contributed by atoms with Crippen molar-refractivity contribution in [2.45, 2.75) is 24.2 Å².